The molecular weight excluding hydrogens is 512 g/mol. The molecular formula is C28H28O9S. The number of aryl methyl sites for hydroxylation is 1. The first-order valence-electron chi connectivity index (χ1n) is 12.1. The summed E-state index contributed by atoms with van der Waals surface area (Å²) in [6, 6.07) is 23.8. The topological polar surface area (TPSA) is 107 Å². The Hall–Kier alpha value is -3.12. The van der Waals surface area contributed by atoms with Crippen LogP contribution in [0.3, 0.4) is 0 Å². The van der Waals surface area contributed by atoms with Crippen LogP contribution in [0.25, 0.3) is 0 Å². The van der Waals surface area contributed by atoms with Crippen LogP contribution < -0.4 is 0 Å². The molecule has 0 saturated carbocycles. The Labute approximate surface area is 221 Å². The molecule has 0 radical (unpaired) electrons. The second-order valence-electron chi connectivity index (χ2n) is 9.02. The van der Waals surface area contributed by atoms with E-state index in [4.69, 9.17) is 27.9 Å². The second-order valence-corrected chi connectivity index (χ2v) is 10.6. The van der Waals surface area contributed by atoms with Crippen molar-refractivity contribution in [3.05, 3.63) is 102 Å². The zero-order valence-corrected chi connectivity index (χ0v) is 21.7. The predicted molar refractivity (Wildman–Crippen MR) is 135 cm³/mol. The fourth-order valence-corrected chi connectivity index (χ4v) is 5.52. The molecule has 3 aromatic carbocycles. The summed E-state index contributed by atoms with van der Waals surface area (Å²) < 4.78 is 62.0. The zero-order chi connectivity index (χ0) is 26.7. The Balaban J connectivity index is 1.50. The number of rotatable bonds is 7. The molecule has 6 atom stereocenters. The fourth-order valence-electron chi connectivity index (χ4n) is 4.42. The van der Waals surface area contributed by atoms with Gasteiger partial charge in [-0.05, 0) is 31.2 Å². The molecule has 200 valence electrons. The summed E-state index contributed by atoms with van der Waals surface area (Å²) in [4.78, 5) is 13.0. The Morgan fingerprint density at radius 1 is 0.868 bits per heavy atom. The number of benzene rings is 3. The molecule has 0 N–H and O–H groups in total. The van der Waals surface area contributed by atoms with Crippen LogP contribution >= 0.6 is 0 Å². The van der Waals surface area contributed by atoms with Crippen molar-refractivity contribution >= 4 is 16.1 Å². The molecule has 0 aromatic heterocycles. The number of esters is 1. The second kappa shape index (κ2) is 11.3. The lowest BCUT2D eigenvalue weighted by molar-refractivity contribution is -0.353. The van der Waals surface area contributed by atoms with Gasteiger partial charge in [-0.3, -0.25) is 4.18 Å². The molecule has 5 rings (SSSR count). The van der Waals surface area contributed by atoms with Crippen LogP contribution in [0.2, 0.25) is 0 Å². The first-order valence-corrected chi connectivity index (χ1v) is 13.5. The van der Waals surface area contributed by atoms with Crippen LogP contribution in [-0.4, -0.2) is 58.8 Å². The highest BCUT2D eigenvalue weighted by molar-refractivity contribution is 7.86. The number of fused-ring (bicyclic) bond motifs is 1. The number of ether oxygens (including phenoxy) is 5. The van der Waals surface area contributed by atoms with E-state index in [1.807, 2.05) is 37.3 Å². The van der Waals surface area contributed by atoms with Gasteiger partial charge in [0.15, 0.2) is 18.7 Å². The molecule has 2 saturated heterocycles. The summed E-state index contributed by atoms with van der Waals surface area (Å²) in [5.74, 6) is -0.687. The number of hydrogen-bond acceptors (Lipinski definition) is 9. The molecule has 2 fully saturated rings. The van der Waals surface area contributed by atoms with Gasteiger partial charge in [0.05, 0.1) is 17.1 Å². The largest absolute Gasteiger partial charge is 0.450 e. The Kier molecular flexibility index (Phi) is 7.89. The maximum atomic E-state index is 13.4. The monoisotopic (exact) mass is 540 g/mol. The van der Waals surface area contributed by atoms with Gasteiger partial charge < -0.3 is 23.7 Å². The van der Waals surface area contributed by atoms with E-state index in [2.05, 4.69) is 0 Å². The fraction of sp³-hybridized carbons (Fsp3) is 0.321. The molecule has 2 heterocycles. The average molecular weight is 541 g/mol. The van der Waals surface area contributed by atoms with Gasteiger partial charge >= 0.3 is 5.97 Å². The minimum absolute atomic E-state index is 0.0417. The lowest BCUT2D eigenvalue weighted by Crippen LogP contribution is -2.64. The molecule has 0 bridgehead atoms. The predicted octanol–water partition coefficient (Wildman–Crippen LogP) is 3.78. The van der Waals surface area contributed by atoms with Crippen molar-refractivity contribution in [1.29, 1.82) is 0 Å². The van der Waals surface area contributed by atoms with Crippen molar-refractivity contribution in [2.45, 2.75) is 48.8 Å². The molecule has 38 heavy (non-hydrogen) atoms. The smallest absolute Gasteiger partial charge is 0.338 e. The van der Waals surface area contributed by atoms with Crippen molar-refractivity contribution in [1.82, 2.24) is 0 Å². The average Bonchev–Trinajstić information content (AvgIpc) is 2.95. The standard InChI is InChI=1S/C28H28O9S/c1-18-13-15-21(16-14-18)38(30,31)37-24-23-22(17-33-27(36-23)20-11-7-4-8-12-20)34-28(32-2)25(24)35-26(29)19-9-5-3-6-10-19/h3-16,22-25,27-28H,17H2,1-2H3/t22-,23-,24+,25-,27?,28+/m1/s1. The van der Waals surface area contributed by atoms with Gasteiger partial charge in [-0.1, -0.05) is 66.2 Å². The van der Waals surface area contributed by atoms with E-state index in [1.165, 1.54) is 19.2 Å². The number of carbonyl (C=O) groups excluding carboxylic acids is 1. The molecule has 0 amide bonds. The maximum absolute atomic E-state index is 13.4. The highest BCUT2D eigenvalue weighted by Crippen LogP contribution is 2.38. The van der Waals surface area contributed by atoms with Crippen LogP contribution in [0.1, 0.15) is 27.8 Å². The third kappa shape index (κ3) is 5.65. The minimum Gasteiger partial charge on any atom is -0.450 e. The summed E-state index contributed by atoms with van der Waals surface area (Å²) in [6.45, 7) is 1.93. The van der Waals surface area contributed by atoms with E-state index in [9.17, 15) is 13.2 Å². The molecule has 2 aliphatic heterocycles. The van der Waals surface area contributed by atoms with Crippen LogP contribution in [0.4, 0.5) is 0 Å². The third-order valence-corrected chi connectivity index (χ3v) is 7.71. The SMILES string of the molecule is CO[C@H]1O[C@@H]2COC(c3ccccc3)O[C@H]2[C@H](OS(=O)(=O)c2ccc(C)cc2)[C@H]1OC(=O)c1ccccc1. The van der Waals surface area contributed by atoms with Crippen LogP contribution in [0.5, 0.6) is 0 Å². The van der Waals surface area contributed by atoms with Gasteiger partial charge in [-0.2, -0.15) is 8.42 Å². The number of carbonyl (C=O) groups is 1. The molecule has 1 unspecified atom stereocenters. The van der Waals surface area contributed by atoms with Crippen molar-refractivity contribution in [3.8, 4) is 0 Å². The molecule has 2 aliphatic rings. The van der Waals surface area contributed by atoms with E-state index in [0.29, 0.717) is 0 Å². The summed E-state index contributed by atoms with van der Waals surface area (Å²) in [5, 5.41) is 0. The summed E-state index contributed by atoms with van der Waals surface area (Å²) in [7, 11) is -2.93. The van der Waals surface area contributed by atoms with E-state index >= 15 is 0 Å². The van der Waals surface area contributed by atoms with Gasteiger partial charge in [-0.15, -0.1) is 0 Å². The third-order valence-electron chi connectivity index (χ3n) is 6.39. The zero-order valence-electron chi connectivity index (χ0n) is 20.8. The summed E-state index contributed by atoms with van der Waals surface area (Å²) >= 11 is 0. The van der Waals surface area contributed by atoms with Gasteiger partial charge in [0, 0.05) is 12.7 Å². The van der Waals surface area contributed by atoms with Gasteiger partial charge in [0.1, 0.15) is 18.3 Å². The van der Waals surface area contributed by atoms with Crippen LogP contribution in [0.15, 0.2) is 89.8 Å². The molecule has 10 heteroatoms. The molecule has 9 nitrogen and oxygen atoms in total. The van der Waals surface area contributed by atoms with Crippen molar-refractivity contribution in [2.24, 2.45) is 0 Å². The number of methoxy groups -OCH3 is 1. The number of hydrogen-bond donors (Lipinski definition) is 0. The highest BCUT2D eigenvalue weighted by atomic mass is 32.2. The van der Waals surface area contributed by atoms with E-state index in [1.54, 1.807) is 42.5 Å². The van der Waals surface area contributed by atoms with Gasteiger partial charge in [0.25, 0.3) is 10.1 Å². The first-order chi connectivity index (χ1) is 18.4. The Morgan fingerprint density at radius 2 is 1.53 bits per heavy atom. The first kappa shape index (κ1) is 26.5. The lowest BCUT2D eigenvalue weighted by Gasteiger charge is -2.47. The molecule has 0 aliphatic carbocycles. The highest BCUT2D eigenvalue weighted by Gasteiger charge is 2.54. The van der Waals surface area contributed by atoms with Gasteiger partial charge in [0.2, 0.25) is 0 Å². The minimum atomic E-state index is -4.30. The molecule has 0 spiro atoms. The molecule has 3 aromatic rings. The maximum Gasteiger partial charge on any atom is 0.338 e. The lowest BCUT2D eigenvalue weighted by atomic mass is 9.97. The summed E-state index contributed by atoms with van der Waals surface area (Å²) in [6.07, 6.45) is -6.23. The quantitative estimate of drug-likeness (QED) is 0.327. The Bertz CT molecular complexity index is 1330. The van der Waals surface area contributed by atoms with E-state index in [0.717, 1.165) is 11.1 Å². The van der Waals surface area contributed by atoms with E-state index < -0.39 is 53.1 Å². The van der Waals surface area contributed by atoms with E-state index in [-0.39, 0.29) is 17.1 Å². The van der Waals surface area contributed by atoms with Crippen molar-refractivity contribution < 1.29 is 41.1 Å². The van der Waals surface area contributed by atoms with Crippen LogP contribution in [-0.2, 0) is 38.0 Å². The Morgan fingerprint density at radius 3 is 2.18 bits per heavy atom. The summed E-state index contributed by atoms with van der Waals surface area (Å²) in [5.41, 5.74) is 1.90. The van der Waals surface area contributed by atoms with Crippen LogP contribution in [0, 0.1) is 6.92 Å². The van der Waals surface area contributed by atoms with Crippen molar-refractivity contribution in [2.75, 3.05) is 13.7 Å². The van der Waals surface area contributed by atoms with Gasteiger partial charge in [-0.25, -0.2) is 4.79 Å². The van der Waals surface area contributed by atoms with Crippen molar-refractivity contribution in [3.63, 3.8) is 0 Å². The normalized spacial score (nSPS) is 27.3.